The molecule has 4 aliphatic carbocycles. The molecule has 1 atom stereocenters. The van der Waals surface area contributed by atoms with Crippen molar-refractivity contribution in [2.24, 2.45) is 5.41 Å². The summed E-state index contributed by atoms with van der Waals surface area (Å²) in [5.41, 5.74) is 3.98. The van der Waals surface area contributed by atoms with E-state index >= 15 is 0 Å². The number of alkyl halides is 3. The zero-order chi connectivity index (χ0) is 24.8. The number of halogens is 3. The molecule has 1 aliphatic heterocycles. The molecule has 0 spiro atoms. The molecule has 2 aromatic heterocycles. The van der Waals surface area contributed by atoms with Crippen LogP contribution in [0.2, 0.25) is 0 Å². The van der Waals surface area contributed by atoms with Crippen LogP contribution in [0.1, 0.15) is 67.8 Å². The van der Waals surface area contributed by atoms with E-state index in [9.17, 15) is 28.1 Å². The molecule has 0 saturated heterocycles. The number of nitrogen functional groups attached to an aromatic ring is 1. The molecule has 2 N–H and O–H groups in total. The van der Waals surface area contributed by atoms with E-state index < -0.39 is 33.7 Å². The first-order chi connectivity index (χ1) is 16.5. The Kier molecular flexibility index (Phi) is 4.52. The quantitative estimate of drug-likeness (QED) is 0.497. The second-order valence-electron chi connectivity index (χ2n) is 10.1. The molecule has 0 aromatic carbocycles. The summed E-state index contributed by atoms with van der Waals surface area (Å²) in [5, 5.41) is 11.7. The predicted octanol–water partition coefficient (Wildman–Crippen LogP) is 3.99. The third-order valence-corrected chi connectivity index (χ3v) is 7.77. The second kappa shape index (κ2) is 7.12. The van der Waals surface area contributed by atoms with Crippen LogP contribution in [-0.2, 0) is 10.2 Å². The minimum absolute atomic E-state index is 0.0117. The summed E-state index contributed by atoms with van der Waals surface area (Å²) in [6.07, 6.45) is 0.347. The Morgan fingerprint density at radius 2 is 1.91 bits per heavy atom. The Hall–Kier alpha value is -3.28. The van der Waals surface area contributed by atoms with E-state index in [0.29, 0.717) is 18.6 Å². The molecule has 3 heterocycles. The predicted molar refractivity (Wildman–Crippen MR) is 117 cm³/mol. The van der Waals surface area contributed by atoms with E-state index in [1.165, 1.54) is 6.07 Å². The lowest BCUT2D eigenvalue weighted by Gasteiger charge is -2.69. The normalized spacial score (nSPS) is 29.7. The number of hydrogen-bond donors (Lipinski definition) is 1. The molecule has 4 saturated carbocycles. The molecule has 2 bridgehead atoms. The molecular formula is C23H22F3N5O4. The Bertz CT molecular complexity index is 1330. The van der Waals surface area contributed by atoms with Gasteiger partial charge < -0.3 is 15.0 Å². The zero-order valence-corrected chi connectivity index (χ0v) is 18.5. The van der Waals surface area contributed by atoms with Crippen LogP contribution in [-0.4, -0.2) is 32.2 Å². The highest BCUT2D eigenvalue weighted by Gasteiger charge is 2.80. The lowest BCUT2D eigenvalue weighted by Crippen LogP contribution is -2.70. The van der Waals surface area contributed by atoms with Gasteiger partial charge in [0.15, 0.2) is 5.82 Å². The van der Waals surface area contributed by atoms with Crippen molar-refractivity contribution in [2.75, 3.05) is 12.3 Å². The van der Waals surface area contributed by atoms with Crippen LogP contribution in [0.4, 0.5) is 24.7 Å². The molecule has 9 nitrogen and oxygen atoms in total. The van der Waals surface area contributed by atoms with Gasteiger partial charge in [0, 0.05) is 29.3 Å². The van der Waals surface area contributed by atoms with Crippen LogP contribution in [0.5, 0.6) is 0 Å². The Morgan fingerprint density at radius 3 is 2.54 bits per heavy atom. The summed E-state index contributed by atoms with van der Waals surface area (Å²) in [6.45, 7) is 0.316. The third-order valence-electron chi connectivity index (χ3n) is 7.77. The number of rotatable bonds is 5. The first-order valence-electron chi connectivity index (χ1n) is 11.5. The molecule has 0 amide bonds. The smallest absolute Gasteiger partial charge is 0.378 e. The van der Waals surface area contributed by atoms with Crippen molar-refractivity contribution in [3.63, 3.8) is 0 Å². The van der Waals surface area contributed by atoms with Crippen LogP contribution in [0.15, 0.2) is 29.2 Å². The van der Waals surface area contributed by atoms with Gasteiger partial charge in [-0.05, 0) is 56.2 Å². The second-order valence-corrected chi connectivity index (χ2v) is 10.1. The van der Waals surface area contributed by atoms with E-state index in [2.05, 4.69) is 9.97 Å². The summed E-state index contributed by atoms with van der Waals surface area (Å²) in [6, 6.07) is 3.39. The third kappa shape index (κ3) is 3.29. The summed E-state index contributed by atoms with van der Waals surface area (Å²) in [4.78, 5) is 31.8. The fourth-order valence-corrected chi connectivity index (χ4v) is 5.82. The van der Waals surface area contributed by atoms with E-state index in [1.54, 1.807) is 22.9 Å². The summed E-state index contributed by atoms with van der Waals surface area (Å²) >= 11 is 0. The van der Waals surface area contributed by atoms with Gasteiger partial charge in [0.25, 0.3) is 5.56 Å². The number of nitro groups is 1. The van der Waals surface area contributed by atoms with Crippen molar-refractivity contribution in [1.82, 2.24) is 14.5 Å². The number of aromatic nitrogens is 3. The number of nitrogens with two attached hydrogens (primary N) is 1. The van der Waals surface area contributed by atoms with Gasteiger partial charge in [-0.25, -0.2) is 9.97 Å². The van der Waals surface area contributed by atoms with Crippen LogP contribution in [0.3, 0.4) is 0 Å². The average molecular weight is 489 g/mol. The Balaban J connectivity index is 1.36. The maximum atomic E-state index is 13.4. The maximum Gasteiger partial charge on any atom is 0.394 e. The Labute approximate surface area is 197 Å². The van der Waals surface area contributed by atoms with Crippen LogP contribution in [0, 0.1) is 15.5 Å². The van der Waals surface area contributed by atoms with Crippen molar-refractivity contribution in [2.45, 2.75) is 62.3 Å². The van der Waals surface area contributed by atoms with Crippen molar-refractivity contribution < 1.29 is 22.8 Å². The summed E-state index contributed by atoms with van der Waals surface area (Å²) in [5.74, 6) is -0.190. The largest absolute Gasteiger partial charge is 0.394 e. The standard InChI is InChI=1S/C23H22F3N5O4/c24-23(25,26)22-9-21(10-22,11-22)18-17(31(33)34)19(27)29-20(28-18)12-5-6-35-15(7-12)13-1-4-16(32)30(8-13)14-2-3-14/h1,4,7-8,14-15H,2-3,5-6,9-11H2,(H2,27,28,29)/t15-,21?,22?/m1/s1. The summed E-state index contributed by atoms with van der Waals surface area (Å²) < 4.78 is 47.8. The zero-order valence-electron chi connectivity index (χ0n) is 18.5. The Morgan fingerprint density at radius 1 is 1.20 bits per heavy atom. The van der Waals surface area contributed by atoms with Crippen LogP contribution < -0.4 is 11.3 Å². The highest BCUT2D eigenvalue weighted by molar-refractivity contribution is 5.68. The van der Waals surface area contributed by atoms with E-state index in [4.69, 9.17) is 10.5 Å². The number of pyridine rings is 1. The van der Waals surface area contributed by atoms with Crippen molar-refractivity contribution in [1.29, 1.82) is 0 Å². The average Bonchev–Trinajstić information content (AvgIpc) is 3.56. The molecule has 12 heteroatoms. The van der Waals surface area contributed by atoms with Gasteiger partial charge in [-0.1, -0.05) is 0 Å². The van der Waals surface area contributed by atoms with Gasteiger partial charge >= 0.3 is 11.9 Å². The summed E-state index contributed by atoms with van der Waals surface area (Å²) in [7, 11) is 0. The van der Waals surface area contributed by atoms with Gasteiger partial charge in [0.1, 0.15) is 11.8 Å². The molecule has 0 radical (unpaired) electrons. The first-order valence-corrected chi connectivity index (χ1v) is 11.5. The lowest BCUT2D eigenvalue weighted by molar-refractivity contribution is -0.389. The van der Waals surface area contributed by atoms with Crippen LogP contribution in [0.25, 0.3) is 5.57 Å². The van der Waals surface area contributed by atoms with Gasteiger partial charge in [-0.3, -0.25) is 14.9 Å². The van der Waals surface area contributed by atoms with Crippen LogP contribution >= 0.6 is 0 Å². The highest BCUT2D eigenvalue weighted by Crippen LogP contribution is 2.79. The topological polar surface area (TPSA) is 126 Å². The molecule has 184 valence electrons. The van der Waals surface area contributed by atoms with Gasteiger partial charge in [-0.2, -0.15) is 13.2 Å². The van der Waals surface area contributed by atoms with E-state index in [0.717, 1.165) is 18.4 Å². The van der Waals surface area contributed by atoms with E-state index in [-0.39, 0.29) is 48.2 Å². The van der Waals surface area contributed by atoms with Gasteiger partial charge in [0.2, 0.25) is 5.82 Å². The molecule has 35 heavy (non-hydrogen) atoms. The fraction of sp³-hybridized carbons (Fsp3) is 0.522. The minimum atomic E-state index is -4.35. The SMILES string of the molecule is Nc1nc(C2=C[C@H](c3ccc(=O)n(C4CC4)c3)OCC2)nc(C23CC(C(F)(F)F)(C2)C3)c1[N+](=O)[O-]. The molecule has 4 fully saturated rings. The molecule has 7 rings (SSSR count). The minimum Gasteiger partial charge on any atom is -0.378 e. The number of ether oxygens (including phenoxy) is 1. The molecule has 0 unspecified atom stereocenters. The monoisotopic (exact) mass is 489 g/mol. The van der Waals surface area contributed by atoms with Crippen molar-refractivity contribution >= 4 is 17.1 Å². The molecule has 5 aliphatic rings. The number of nitrogens with zero attached hydrogens (tertiary/aromatic N) is 4. The van der Waals surface area contributed by atoms with Crippen molar-refractivity contribution in [3.05, 3.63) is 62.0 Å². The van der Waals surface area contributed by atoms with E-state index in [1.807, 2.05) is 0 Å². The number of anilines is 1. The van der Waals surface area contributed by atoms with Gasteiger partial charge in [0.05, 0.1) is 16.9 Å². The van der Waals surface area contributed by atoms with Crippen molar-refractivity contribution in [3.8, 4) is 0 Å². The molecule has 2 aromatic rings. The highest BCUT2D eigenvalue weighted by atomic mass is 19.4. The lowest BCUT2D eigenvalue weighted by atomic mass is 9.34. The number of hydrogen-bond acceptors (Lipinski definition) is 7. The fourth-order valence-electron chi connectivity index (χ4n) is 5.82. The molecular weight excluding hydrogens is 467 g/mol. The van der Waals surface area contributed by atoms with Gasteiger partial charge in [-0.15, -0.1) is 0 Å². The first kappa shape index (κ1) is 22.2. The maximum absolute atomic E-state index is 13.4.